The van der Waals surface area contributed by atoms with E-state index in [4.69, 9.17) is 5.11 Å². The first-order chi connectivity index (χ1) is 6.13. The second-order valence-electron chi connectivity index (χ2n) is 2.84. The van der Waals surface area contributed by atoms with Gasteiger partial charge in [-0.15, -0.1) is 0 Å². The summed E-state index contributed by atoms with van der Waals surface area (Å²) in [7, 11) is 0. The van der Waals surface area contributed by atoms with E-state index in [2.05, 4.69) is 9.47 Å². The highest BCUT2D eigenvalue weighted by molar-refractivity contribution is 4.97. The van der Waals surface area contributed by atoms with Gasteiger partial charge in [0.05, 0.1) is 0 Å². The van der Waals surface area contributed by atoms with E-state index in [1.54, 1.807) is 0 Å². The summed E-state index contributed by atoms with van der Waals surface area (Å²) in [6.07, 6.45) is -7.64. The lowest BCUT2D eigenvalue weighted by molar-refractivity contribution is -0.482. The monoisotopic (exact) mass is 222 g/mol. The predicted molar refractivity (Wildman–Crippen MR) is 32.5 cm³/mol. The van der Waals surface area contributed by atoms with Crippen molar-refractivity contribution in [3.05, 3.63) is 0 Å². The lowest BCUT2D eigenvalue weighted by atomic mass is 10.0. The Kier molecular flexibility index (Phi) is 2.49. The van der Waals surface area contributed by atoms with Gasteiger partial charge in [-0.1, -0.05) is 0 Å². The lowest BCUT2D eigenvalue weighted by Crippen LogP contribution is -2.67. The third kappa shape index (κ3) is 1.37. The number of hydrogen-bond donors (Lipinski definition) is 1. The van der Waals surface area contributed by atoms with Gasteiger partial charge in [-0.2, -0.15) is 22.0 Å². The van der Waals surface area contributed by atoms with Crippen molar-refractivity contribution in [3.63, 3.8) is 0 Å². The fourth-order valence-corrected chi connectivity index (χ4v) is 0.969. The second kappa shape index (κ2) is 3.01. The Hall–Kier alpha value is -0.470. The molecule has 1 unspecified atom stereocenters. The predicted octanol–water partition coefficient (Wildman–Crippen LogP) is 1.27. The molecule has 3 nitrogen and oxygen atoms in total. The summed E-state index contributed by atoms with van der Waals surface area (Å²) in [5.41, 5.74) is 0. The van der Waals surface area contributed by atoms with Crippen LogP contribution in [0.2, 0.25) is 0 Å². The van der Waals surface area contributed by atoms with Crippen LogP contribution >= 0.6 is 0 Å². The largest absolute Gasteiger partial charge is 0.449 e. The second-order valence-corrected chi connectivity index (χ2v) is 2.84. The molecule has 0 aromatic heterocycles. The zero-order valence-corrected chi connectivity index (χ0v) is 6.94. The summed E-state index contributed by atoms with van der Waals surface area (Å²) < 4.78 is 69.8. The molecule has 0 saturated carbocycles. The number of alkyl halides is 5. The van der Waals surface area contributed by atoms with E-state index in [1.165, 1.54) is 0 Å². The lowest BCUT2D eigenvalue weighted by Gasteiger charge is -2.42. The number of hydrogen-bond acceptors (Lipinski definition) is 3. The minimum atomic E-state index is -5.57. The number of ether oxygens (including phenoxy) is 2. The van der Waals surface area contributed by atoms with Crippen molar-refractivity contribution in [1.82, 2.24) is 0 Å². The van der Waals surface area contributed by atoms with Gasteiger partial charge in [0.25, 0.3) is 0 Å². The molecule has 0 radical (unpaired) electrons. The van der Waals surface area contributed by atoms with Gasteiger partial charge in [0, 0.05) is 0 Å². The van der Waals surface area contributed by atoms with Crippen LogP contribution in [0.4, 0.5) is 22.0 Å². The van der Waals surface area contributed by atoms with Crippen LogP contribution in [0.25, 0.3) is 0 Å². The zero-order valence-electron chi connectivity index (χ0n) is 6.94. The summed E-state index contributed by atoms with van der Waals surface area (Å²) in [5.74, 6) is -9.01. The summed E-state index contributed by atoms with van der Waals surface area (Å²) in [6.45, 7) is -0.313. The van der Waals surface area contributed by atoms with E-state index in [0.29, 0.717) is 0 Å². The highest BCUT2D eigenvalue weighted by atomic mass is 19.4. The Morgan fingerprint density at radius 3 is 2.21 bits per heavy atom. The zero-order chi connectivity index (χ0) is 11.2. The molecule has 1 rings (SSSR count). The van der Waals surface area contributed by atoms with E-state index in [0.717, 1.165) is 6.92 Å². The van der Waals surface area contributed by atoms with Gasteiger partial charge in [-0.25, -0.2) is 0 Å². The van der Waals surface area contributed by atoms with Crippen molar-refractivity contribution >= 4 is 0 Å². The molecule has 14 heavy (non-hydrogen) atoms. The maximum absolute atomic E-state index is 12.9. The topological polar surface area (TPSA) is 38.7 Å². The maximum atomic E-state index is 12.9. The summed E-state index contributed by atoms with van der Waals surface area (Å²) in [6, 6.07) is 0. The first-order valence-corrected chi connectivity index (χ1v) is 3.55. The van der Waals surface area contributed by atoms with Crippen molar-refractivity contribution in [2.24, 2.45) is 0 Å². The van der Waals surface area contributed by atoms with E-state index < -0.39 is 30.8 Å². The molecule has 1 fully saturated rings. The van der Waals surface area contributed by atoms with Crippen LogP contribution in [-0.2, 0) is 9.47 Å². The van der Waals surface area contributed by atoms with Gasteiger partial charge in [-0.3, -0.25) is 0 Å². The summed E-state index contributed by atoms with van der Waals surface area (Å²) in [4.78, 5) is 0. The molecule has 8 heteroatoms. The SMILES string of the molecule is C[C@H]1OCOC(O)(C(F)(F)F)C1(F)F. The highest BCUT2D eigenvalue weighted by Gasteiger charge is 2.74. The Morgan fingerprint density at radius 1 is 1.36 bits per heavy atom. The van der Waals surface area contributed by atoms with Crippen LogP contribution in [-0.4, -0.2) is 35.9 Å². The molecule has 1 aliphatic rings. The van der Waals surface area contributed by atoms with E-state index >= 15 is 0 Å². The third-order valence-corrected chi connectivity index (χ3v) is 1.93. The van der Waals surface area contributed by atoms with E-state index in [-0.39, 0.29) is 0 Å². The van der Waals surface area contributed by atoms with Crippen molar-refractivity contribution in [3.8, 4) is 0 Å². The standard InChI is InChI=1S/C6H7F5O3/c1-3-4(7,8)5(12,6(9,10)11)14-2-13-3/h3,12H,2H2,1H3/t3-,5?/m1/s1. The first kappa shape index (κ1) is 11.6. The molecule has 2 atom stereocenters. The van der Waals surface area contributed by atoms with Gasteiger partial charge < -0.3 is 14.6 Å². The summed E-state index contributed by atoms with van der Waals surface area (Å²) >= 11 is 0. The molecule has 1 heterocycles. The molecule has 0 amide bonds. The smallest absolute Gasteiger partial charge is 0.354 e. The minimum Gasteiger partial charge on any atom is -0.354 e. The quantitative estimate of drug-likeness (QED) is 0.627. The fourth-order valence-electron chi connectivity index (χ4n) is 0.969. The highest BCUT2D eigenvalue weighted by Crippen LogP contribution is 2.47. The molecule has 0 bridgehead atoms. The van der Waals surface area contributed by atoms with Gasteiger partial charge in [0.1, 0.15) is 6.10 Å². The molecule has 0 aromatic carbocycles. The number of rotatable bonds is 0. The Balaban J connectivity index is 3.07. The van der Waals surface area contributed by atoms with Crippen molar-refractivity contribution in [1.29, 1.82) is 0 Å². The number of aliphatic hydroxyl groups is 1. The fraction of sp³-hybridized carbons (Fsp3) is 1.00. The normalized spacial score (nSPS) is 38.4. The van der Waals surface area contributed by atoms with Crippen LogP contribution in [0.1, 0.15) is 6.92 Å². The van der Waals surface area contributed by atoms with Crippen LogP contribution < -0.4 is 0 Å². The van der Waals surface area contributed by atoms with Gasteiger partial charge in [0.2, 0.25) is 0 Å². The van der Waals surface area contributed by atoms with Crippen LogP contribution in [0.15, 0.2) is 0 Å². The van der Waals surface area contributed by atoms with E-state index in [9.17, 15) is 22.0 Å². The molecule has 84 valence electrons. The van der Waals surface area contributed by atoms with Crippen LogP contribution in [0.5, 0.6) is 0 Å². The molecule has 1 aliphatic heterocycles. The van der Waals surface area contributed by atoms with Crippen LogP contribution in [0.3, 0.4) is 0 Å². The Labute approximate surface area is 75.4 Å². The van der Waals surface area contributed by atoms with Crippen molar-refractivity contribution in [2.45, 2.75) is 30.9 Å². The van der Waals surface area contributed by atoms with Crippen molar-refractivity contribution in [2.75, 3.05) is 6.79 Å². The third-order valence-electron chi connectivity index (χ3n) is 1.93. The molecular weight excluding hydrogens is 215 g/mol. The van der Waals surface area contributed by atoms with Gasteiger partial charge in [-0.05, 0) is 6.92 Å². The Bertz CT molecular complexity index is 228. The number of halogens is 5. The molecule has 1 saturated heterocycles. The molecular formula is C6H7F5O3. The van der Waals surface area contributed by atoms with Crippen molar-refractivity contribution < 1.29 is 36.5 Å². The maximum Gasteiger partial charge on any atom is 0.449 e. The van der Waals surface area contributed by atoms with Crippen LogP contribution in [0, 0.1) is 0 Å². The average Bonchev–Trinajstić information content (AvgIpc) is 1.98. The molecule has 0 spiro atoms. The minimum absolute atomic E-state index is 0.721. The first-order valence-electron chi connectivity index (χ1n) is 3.55. The van der Waals surface area contributed by atoms with E-state index in [1.807, 2.05) is 0 Å². The van der Waals surface area contributed by atoms with Gasteiger partial charge >= 0.3 is 17.9 Å². The molecule has 0 aromatic rings. The van der Waals surface area contributed by atoms with Gasteiger partial charge in [0.15, 0.2) is 6.79 Å². The summed E-state index contributed by atoms with van der Waals surface area (Å²) in [5, 5.41) is 8.73. The molecule has 0 aliphatic carbocycles. The molecule has 1 N–H and O–H groups in total. The Morgan fingerprint density at radius 2 is 1.86 bits per heavy atom. The average molecular weight is 222 g/mol.